The van der Waals surface area contributed by atoms with Gasteiger partial charge < -0.3 is 4.90 Å². The van der Waals surface area contributed by atoms with Crippen LogP contribution in [0.15, 0.2) is 0 Å². The summed E-state index contributed by atoms with van der Waals surface area (Å²) < 4.78 is 0. The standard InChI is InChI=1S/C12H24N2/c1-12(2,3)14-8-10-5-6-13(4)7-11(10)9-14/h10-11H,5-9H2,1-4H3/t10-,11+/m1/s1. The van der Waals surface area contributed by atoms with Crippen LogP contribution in [0.4, 0.5) is 0 Å². The molecule has 2 heteroatoms. The highest BCUT2D eigenvalue weighted by molar-refractivity contribution is 4.93. The average molecular weight is 196 g/mol. The molecule has 2 atom stereocenters. The molecule has 2 saturated heterocycles. The molecule has 82 valence electrons. The van der Waals surface area contributed by atoms with Gasteiger partial charge in [-0.25, -0.2) is 0 Å². The molecule has 2 fully saturated rings. The maximum Gasteiger partial charge on any atom is 0.0125 e. The van der Waals surface area contributed by atoms with E-state index in [0.717, 1.165) is 11.8 Å². The van der Waals surface area contributed by atoms with Crippen LogP contribution < -0.4 is 0 Å². The number of piperidine rings is 1. The summed E-state index contributed by atoms with van der Waals surface area (Å²) in [6.45, 7) is 12.3. The van der Waals surface area contributed by atoms with Crippen molar-refractivity contribution in [3.63, 3.8) is 0 Å². The predicted molar refractivity (Wildman–Crippen MR) is 60.4 cm³/mol. The van der Waals surface area contributed by atoms with E-state index in [1.165, 1.54) is 32.6 Å². The number of hydrogen-bond donors (Lipinski definition) is 0. The van der Waals surface area contributed by atoms with Crippen molar-refractivity contribution < 1.29 is 0 Å². The molecule has 14 heavy (non-hydrogen) atoms. The zero-order valence-corrected chi connectivity index (χ0v) is 10.1. The van der Waals surface area contributed by atoms with Gasteiger partial charge in [0.25, 0.3) is 0 Å². The molecule has 0 aromatic rings. The van der Waals surface area contributed by atoms with Gasteiger partial charge in [-0.05, 0) is 52.6 Å². The van der Waals surface area contributed by atoms with E-state index in [0.29, 0.717) is 5.54 Å². The maximum absolute atomic E-state index is 2.67. The second kappa shape index (κ2) is 3.49. The fourth-order valence-corrected chi connectivity index (χ4v) is 2.90. The quantitative estimate of drug-likeness (QED) is 0.581. The minimum absolute atomic E-state index is 0.371. The Kier molecular flexibility index (Phi) is 2.61. The third-order valence-electron chi connectivity index (χ3n) is 3.95. The smallest absolute Gasteiger partial charge is 0.0125 e. The highest BCUT2D eigenvalue weighted by atomic mass is 15.2. The lowest BCUT2D eigenvalue weighted by Crippen LogP contribution is -2.40. The summed E-state index contributed by atoms with van der Waals surface area (Å²) in [5, 5.41) is 0. The van der Waals surface area contributed by atoms with E-state index < -0.39 is 0 Å². The Bertz CT molecular complexity index is 207. The SMILES string of the molecule is CN1CC[C@@H]2CN(C(C)(C)C)C[C@@H]2C1. The summed E-state index contributed by atoms with van der Waals surface area (Å²) in [5.74, 6) is 1.92. The van der Waals surface area contributed by atoms with Gasteiger partial charge in [-0.3, -0.25) is 4.90 Å². The first-order valence-electron chi connectivity index (χ1n) is 5.90. The minimum atomic E-state index is 0.371. The van der Waals surface area contributed by atoms with Gasteiger partial charge in [0.15, 0.2) is 0 Å². The number of nitrogens with zero attached hydrogens (tertiary/aromatic N) is 2. The Morgan fingerprint density at radius 3 is 2.29 bits per heavy atom. The monoisotopic (exact) mass is 196 g/mol. The Labute approximate surface area is 88.3 Å². The molecule has 0 spiro atoms. The Balaban J connectivity index is 1.99. The molecule has 0 bridgehead atoms. The maximum atomic E-state index is 2.67. The van der Waals surface area contributed by atoms with E-state index in [9.17, 15) is 0 Å². The van der Waals surface area contributed by atoms with Crippen LogP contribution in [0, 0.1) is 11.8 Å². The third kappa shape index (κ3) is 1.96. The van der Waals surface area contributed by atoms with Crippen LogP contribution in [-0.4, -0.2) is 48.6 Å². The molecule has 2 aliphatic rings. The van der Waals surface area contributed by atoms with Gasteiger partial charge in [-0.15, -0.1) is 0 Å². The largest absolute Gasteiger partial charge is 0.306 e. The van der Waals surface area contributed by atoms with Crippen LogP contribution in [0.2, 0.25) is 0 Å². The lowest BCUT2D eigenvalue weighted by atomic mass is 9.89. The zero-order valence-electron chi connectivity index (χ0n) is 10.1. The molecule has 0 unspecified atom stereocenters. The molecule has 0 amide bonds. The van der Waals surface area contributed by atoms with Crippen LogP contribution in [-0.2, 0) is 0 Å². The first-order chi connectivity index (χ1) is 6.47. The van der Waals surface area contributed by atoms with E-state index >= 15 is 0 Å². The van der Waals surface area contributed by atoms with Crippen molar-refractivity contribution >= 4 is 0 Å². The lowest BCUT2D eigenvalue weighted by molar-refractivity contribution is 0.163. The van der Waals surface area contributed by atoms with E-state index in [2.05, 4.69) is 37.6 Å². The highest BCUT2D eigenvalue weighted by Gasteiger charge is 2.39. The Morgan fingerprint density at radius 1 is 1.00 bits per heavy atom. The van der Waals surface area contributed by atoms with Crippen molar-refractivity contribution in [2.75, 3.05) is 33.2 Å². The number of rotatable bonds is 0. The first-order valence-corrected chi connectivity index (χ1v) is 5.90. The molecule has 0 saturated carbocycles. The molecule has 0 radical (unpaired) electrons. The van der Waals surface area contributed by atoms with Crippen molar-refractivity contribution in [3.05, 3.63) is 0 Å². The van der Waals surface area contributed by atoms with Crippen LogP contribution in [0.25, 0.3) is 0 Å². The molecule has 0 aromatic carbocycles. The molecule has 2 rings (SSSR count). The average Bonchev–Trinajstić information content (AvgIpc) is 2.45. The number of likely N-dealkylation sites (tertiary alicyclic amines) is 2. The number of fused-ring (bicyclic) bond motifs is 1. The minimum Gasteiger partial charge on any atom is -0.306 e. The van der Waals surface area contributed by atoms with Crippen molar-refractivity contribution in [1.82, 2.24) is 9.80 Å². The van der Waals surface area contributed by atoms with Crippen molar-refractivity contribution in [2.24, 2.45) is 11.8 Å². The third-order valence-corrected chi connectivity index (χ3v) is 3.95. The van der Waals surface area contributed by atoms with E-state index in [1.54, 1.807) is 0 Å². The van der Waals surface area contributed by atoms with Crippen molar-refractivity contribution in [1.29, 1.82) is 0 Å². The van der Waals surface area contributed by atoms with Gasteiger partial charge in [0.1, 0.15) is 0 Å². The second-order valence-corrected chi connectivity index (χ2v) is 6.15. The van der Waals surface area contributed by atoms with E-state index in [1.807, 2.05) is 0 Å². The van der Waals surface area contributed by atoms with Crippen LogP contribution in [0.1, 0.15) is 27.2 Å². The summed E-state index contributed by atoms with van der Waals surface area (Å²) in [6.07, 6.45) is 1.41. The predicted octanol–water partition coefficient (Wildman–Crippen LogP) is 1.67. The van der Waals surface area contributed by atoms with Crippen molar-refractivity contribution in [2.45, 2.75) is 32.7 Å². The molecule has 2 aliphatic heterocycles. The van der Waals surface area contributed by atoms with Crippen molar-refractivity contribution in [3.8, 4) is 0 Å². The van der Waals surface area contributed by atoms with Crippen LogP contribution >= 0.6 is 0 Å². The van der Waals surface area contributed by atoms with Gasteiger partial charge in [-0.1, -0.05) is 0 Å². The Morgan fingerprint density at radius 2 is 1.64 bits per heavy atom. The second-order valence-electron chi connectivity index (χ2n) is 6.15. The summed E-state index contributed by atoms with van der Waals surface area (Å²) in [4.78, 5) is 5.16. The topological polar surface area (TPSA) is 6.48 Å². The first kappa shape index (κ1) is 10.4. The summed E-state index contributed by atoms with van der Waals surface area (Å²) in [5.41, 5.74) is 0.371. The normalized spacial score (nSPS) is 36.0. The zero-order chi connectivity index (χ0) is 10.3. The summed E-state index contributed by atoms with van der Waals surface area (Å²) in [6, 6.07) is 0. The lowest BCUT2D eigenvalue weighted by Gasteiger charge is -2.32. The van der Waals surface area contributed by atoms with Gasteiger partial charge in [0.2, 0.25) is 0 Å². The molecule has 2 nitrogen and oxygen atoms in total. The molecular weight excluding hydrogens is 172 g/mol. The van der Waals surface area contributed by atoms with Crippen LogP contribution in [0.5, 0.6) is 0 Å². The van der Waals surface area contributed by atoms with Crippen LogP contribution in [0.3, 0.4) is 0 Å². The van der Waals surface area contributed by atoms with Gasteiger partial charge >= 0.3 is 0 Å². The molecule has 2 heterocycles. The summed E-state index contributed by atoms with van der Waals surface area (Å²) >= 11 is 0. The molecule has 0 aromatic heterocycles. The van der Waals surface area contributed by atoms with Gasteiger partial charge in [-0.2, -0.15) is 0 Å². The highest BCUT2D eigenvalue weighted by Crippen LogP contribution is 2.34. The number of hydrogen-bond acceptors (Lipinski definition) is 2. The molecule has 0 aliphatic carbocycles. The van der Waals surface area contributed by atoms with Gasteiger partial charge in [0.05, 0.1) is 0 Å². The Hall–Kier alpha value is -0.0800. The summed E-state index contributed by atoms with van der Waals surface area (Å²) in [7, 11) is 2.26. The van der Waals surface area contributed by atoms with Gasteiger partial charge in [0, 0.05) is 25.2 Å². The fraction of sp³-hybridized carbons (Fsp3) is 1.00. The van der Waals surface area contributed by atoms with E-state index in [4.69, 9.17) is 0 Å². The fourth-order valence-electron chi connectivity index (χ4n) is 2.90. The molecular formula is C12H24N2. The van der Waals surface area contributed by atoms with E-state index in [-0.39, 0.29) is 0 Å². The molecule has 0 N–H and O–H groups in total.